The normalized spacial score (nSPS) is 22.0. The highest BCUT2D eigenvalue weighted by Crippen LogP contribution is 2.53. The molecule has 0 atom stereocenters. The fraction of sp³-hybridized carbons (Fsp3) is 1.00. The van der Waals surface area contributed by atoms with Crippen molar-refractivity contribution in [3.63, 3.8) is 0 Å². The van der Waals surface area contributed by atoms with Gasteiger partial charge in [-0.3, -0.25) is 13.6 Å². The molecule has 0 saturated carbocycles. The second-order valence-electron chi connectivity index (χ2n) is 5.29. The Labute approximate surface area is 134 Å². The molecular formula is C12H18F7O4P. The van der Waals surface area contributed by atoms with E-state index in [0.717, 1.165) is 12.8 Å². The Bertz CT molecular complexity index is 426. The molecule has 0 radical (unpaired) electrons. The quantitative estimate of drug-likeness (QED) is 0.481. The lowest BCUT2D eigenvalue weighted by molar-refractivity contribution is -0.358. The Morgan fingerprint density at radius 2 is 1.21 bits per heavy atom. The second kappa shape index (κ2) is 8.33. The van der Waals surface area contributed by atoms with Crippen LogP contribution in [0.2, 0.25) is 0 Å². The summed E-state index contributed by atoms with van der Waals surface area (Å²) in [5, 5.41) is 0. The molecule has 0 aliphatic carbocycles. The van der Waals surface area contributed by atoms with Crippen LogP contribution < -0.4 is 0 Å². The molecule has 0 aromatic rings. The van der Waals surface area contributed by atoms with Gasteiger partial charge in [-0.25, -0.2) is 4.57 Å². The first-order chi connectivity index (χ1) is 10.9. The maximum atomic E-state index is 13.2. The van der Waals surface area contributed by atoms with E-state index in [-0.39, 0.29) is 13.2 Å². The molecule has 1 saturated heterocycles. The molecule has 0 aromatic heterocycles. The molecule has 0 aromatic carbocycles. The molecule has 0 unspecified atom stereocenters. The molecule has 24 heavy (non-hydrogen) atoms. The van der Waals surface area contributed by atoms with Crippen LogP contribution in [0.5, 0.6) is 0 Å². The van der Waals surface area contributed by atoms with Gasteiger partial charge < -0.3 is 0 Å². The summed E-state index contributed by atoms with van der Waals surface area (Å²) in [5.74, 6) is -12.0. The lowest BCUT2D eigenvalue weighted by Gasteiger charge is -2.28. The van der Waals surface area contributed by atoms with E-state index in [9.17, 15) is 35.3 Å². The topological polar surface area (TPSA) is 44.8 Å². The molecular weight excluding hydrogens is 372 g/mol. The van der Waals surface area contributed by atoms with Crippen molar-refractivity contribution in [3.05, 3.63) is 0 Å². The number of rotatable bonds is 4. The monoisotopic (exact) mass is 390 g/mol. The molecule has 0 amide bonds. The van der Waals surface area contributed by atoms with E-state index in [4.69, 9.17) is 9.05 Å². The predicted molar refractivity (Wildman–Crippen MR) is 69.1 cm³/mol. The summed E-state index contributed by atoms with van der Waals surface area (Å²) in [6.45, 7) is -2.87. The minimum Gasteiger partial charge on any atom is -0.287 e. The molecule has 1 aliphatic heterocycles. The van der Waals surface area contributed by atoms with Crippen molar-refractivity contribution in [2.24, 2.45) is 0 Å². The average molecular weight is 390 g/mol. The van der Waals surface area contributed by atoms with Crippen molar-refractivity contribution in [1.29, 1.82) is 0 Å². The molecule has 0 N–H and O–H groups in total. The SMILES string of the molecule is O=P1(OCC(F)(F)C(F)(F)C(F)(F)F)OCCCCCCCCO1. The van der Waals surface area contributed by atoms with Crippen molar-refractivity contribution in [2.45, 2.75) is 56.5 Å². The van der Waals surface area contributed by atoms with Crippen LogP contribution in [0, 0.1) is 0 Å². The Kier molecular flexibility index (Phi) is 7.52. The van der Waals surface area contributed by atoms with E-state index in [1.54, 1.807) is 0 Å². The summed E-state index contributed by atoms with van der Waals surface area (Å²) < 4.78 is 114. The van der Waals surface area contributed by atoms with Crippen LogP contribution >= 0.6 is 7.82 Å². The van der Waals surface area contributed by atoms with Gasteiger partial charge in [0.2, 0.25) is 0 Å². The van der Waals surface area contributed by atoms with Crippen LogP contribution in [0.25, 0.3) is 0 Å². The van der Waals surface area contributed by atoms with E-state index in [0.29, 0.717) is 25.7 Å². The lowest BCUT2D eigenvalue weighted by Crippen LogP contribution is -2.54. The van der Waals surface area contributed by atoms with Gasteiger partial charge in [-0.05, 0) is 12.8 Å². The van der Waals surface area contributed by atoms with Gasteiger partial charge in [0.25, 0.3) is 0 Å². The van der Waals surface area contributed by atoms with E-state index in [2.05, 4.69) is 4.52 Å². The standard InChI is InChI=1S/C12H18F7O4P/c13-10(14,11(15,16)12(17,18)19)9-23-24(20)21-7-5-3-1-2-4-6-8-22-24/h1-9H2. The maximum Gasteiger partial charge on any atom is 0.474 e. The number of hydrogen-bond donors (Lipinski definition) is 0. The zero-order valence-electron chi connectivity index (χ0n) is 12.6. The molecule has 1 rings (SSSR count). The fourth-order valence-electron chi connectivity index (χ4n) is 1.83. The third-order valence-corrected chi connectivity index (χ3v) is 4.70. The molecule has 1 fully saturated rings. The number of alkyl halides is 7. The van der Waals surface area contributed by atoms with Crippen LogP contribution in [0.3, 0.4) is 0 Å². The number of halogens is 7. The Balaban J connectivity index is 2.74. The van der Waals surface area contributed by atoms with Crippen molar-refractivity contribution in [3.8, 4) is 0 Å². The zero-order chi connectivity index (χ0) is 18.5. The van der Waals surface area contributed by atoms with Crippen LogP contribution in [0.15, 0.2) is 0 Å². The first kappa shape index (κ1) is 21.7. The molecule has 0 spiro atoms. The zero-order valence-corrected chi connectivity index (χ0v) is 13.5. The summed E-state index contributed by atoms with van der Waals surface area (Å²) in [6.07, 6.45) is -2.57. The molecule has 0 bridgehead atoms. The van der Waals surface area contributed by atoms with Crippen molar-refractivity contribution in [2.75, 3.05) is 19.8 Å². The Hall–Kier alpha value is -0.380. The lowest BCUT2D eigenvalue weighted by atomic mass is 10.1. The average Bonchev–Trinajstić information content (AvgIpc) is 2.50. The number of hydrogen-bond acceptors (Lipinski definition) is 4. The van der Waals surface area contributed by atoms with Crippen LogP contribution in [-0.4, -0.2) is 37.8 Å². The third-order valence-electron chi connectivity index (χ3n) is 3.26. The highest BCUT2D eigenvalue weighted by Gasteiger charge is 2.73. The summed E-state index contributed by atoms with van der Waals surface area (Å²) in [4.78, 5) is 0. The maximum absolute atomic E-state index is 13.2. The summed E-state index contributed by atoms with van der Waals surface area (Å²) in [6, 6.07) is 0. The Morgan fingerprint density at radius 3 is 1.62 bits per heavy atom. The highest BCUT2D eigenvalue weighted by molar-refractivity contribution is 7.48. The van der Waals surface area contributed by atoms with Gasteiger partial charge >= 0.3 is 25.8 Å². The first-order valence-electron chi connectivity index (χ1n) is 7.27. The van der Waals surface area contributed by atoms with Gasteiger partial charge in [0.15, 0.2) is 0 Å². The summed E-state index contributed by atoms with van der Waals surface area (Å²) in [5.41, 5.74) is 0. The number of phosphoric acid groups is 1. The number of phosphoric ester groups is 1. The third kappa shape index (κ3) is 5.86. The van der Waals surface area contributed by atoms with Crippen LogP contribution in [-0.2, 0) is 18.1 Å². The molecule has 1 aliphatic rings. The van der Waals surface area contributed by atoms with Crippen molar-refractivity contribution < 1.29 is 48.9 Å². The van der Waals surface area contributed by atoms with Crippen LogP contribution in [0.4, 0.5) is 30.7 Å². The second-order valence-corrected chi connectivity index (χ2v) is 6.95. The van der Waals surface area contributed by atoms with E-state index < -0.39 is 32.5 Å². The van der Waals surface area contributed by atoms with Gasteiger partial charge in [-0.1, -0.05) is 25.7 Å². The summed E-state index contributed by atoms with van der Waals surface area (Å²) in [7, 11) is -4.65. The Morgan fingerprint density at radius 1 is 0.792 bits per heavy atom. The minimum absolute atomic E-state index is 0.210. The predicted octanol–water partition coefficient (Wildman–Crippen LogP) is 5.33. The van der Waals surface area contributed by atoms with Gasteiger partial charge in [0.1, 0.15) is 6.61 Å². The van der Waals surface area contributed by atoms with Gasteiger partial charge in [0.05, 0.1) is 13.2 Å². The van der Waals surface area contributed by atoms with Gasteiger partial charge in [0, 0.05) is 0 Å². The molecule has 12 heteroatoms. The molecule has 4 nitrogen and oxygen atoms in total. The van der Waals surface area contributed by atoms with Crippen LogP contribution in [0.1, 0.15) is 38.5 Å². The fourth-order valence-corrected chi connectivity index (χ4v) is 3.08. The van der Waals surface area contributed by atoms with Gasteiger partial charge in [-0.2, -0.15) is 30.7 Å². The smallest absolute Gasteiger partial charge is 0.287 e. The van der Waals surface area contributed by atoms with Gasteiger partial charge in [-0.15, -0.1) is 0 Å². The van der Waals surface area contributed by atoms with Crippen molar-refractivity contribution in [1.82, 2.24) is 0 Å². The largest absolute Gasteiger partial charge is 0.474 e. The molecule has 144 valence electrons. The highest BCUT2D eigenvalue weighted by atomic mass is 31.2. The van der Waals surface area contributed by atoms with E-state index in [1.807, 2.05) is 0 Å². The molecule has 1 heterocycles. The first-order valence-corrected chi connectivity index (χ1v) is 8.73. The van der Waals surface area contributed by atoms with Crippen molar-refractivity contribution >= 4 is 7.82 Å². The van der Waals surface area contributed by atoms with E-state index in [1.165, 1.54) is 0 Å². The minimum atomic E-state index is -6.48. The summed E-state index contributed by atoms with van der Waals surface area (Å²) >= 11 is 0. The van der Waals surface area contributed by atoms with E-state index >= 15 is 0 Å².